The van der Waals surface area contributed by atoms with Crippen LogP contribution in [0.2, 0.25) is 0 Å². The van der Waals surface area contributed by atoms with Gasteiger partial charge in [0.25, 0.3) is 0 Å². The van der Waals surface area contributed by atoms with Crippen LogP contribution in [0.3, 0.4) is 0 Å². The molecule has 0 aromatic carbocycles. The molecule has 6 heteroatoms. The van der Waals surface area contributed by atoms with Crippen LogP contribution in [-0.2, 0) is 14.3 Å². The second-order valence-corrected chi connectivity index (χ2v) is 22.8. The summed E-state index contributed by atoms with van der Waals surface area (Å²) in [5.41, 5.74) is 0. The van der Waals surface area contributed by atoms with Crippen LogP contribution >= 0.6 is 0 Å². The standard InChI is InChI=1S/C65H129NO5/c1-3-5-7-9-11-13-15-17-18-19-25-28-31-34-37-41-45-49-53-57-63(68)62(61-67)66-64(69)58-54-50-46-42-38-35-32-29-26-23-21-20-22-24-27-30-33-36-40-44-48-52-56-60-71-65(70)59-55-51-47-43-39-16-14-12-10-8-6-4-2/h62-63,67-68H,3-61H2,1-2H3,(H,66,69). The molecular weight excluding hydrogens is 875 g/mol. The van der Waals surface area contributed by atoms with Crippen molar-refractivity contribution in [1.29, 1.82) is 0 Å². The van der Waals surface area contributed by atoms with Crippen molar-refractivity contribution in [1.82, 2.24) is 5.32 Å². The van der Waals surface area contributed by atoms with Crippen molar-refractivity contribution in [3.63, 3.8) is 0 Å². The number of unbranched alkanes of at least 4 members (excludes halogenated alkanes) is 51. The van der Waals surface area contributed by atoms with Crippen molar-refractivity contribution in [3.05, 3.63) is 0 Å². The maximum Gasteiger partial charge on any atom is 0.305 e. The Kier molecular flexibility index (Phi) is 60.4. The van der Waals surface area contributed by atoms with Gasteiger partial charge < -0.3 is 20.3 Å². The smallest absolute Gasteiger partial charge is 0.305 e. The van der Waals surface area contributed by atoms with E-state index in [1.165, 1.54) is 308 Å². The van der Waals surface area contributed by atoms with Gasteiger partial charge in [0, 0.05) is 12.8 Å². The quantitative estimate of drug-likeness (QED) is 0.0417. The van der Waals surface area contributed by atoms with Crippen LogP contribution in [0.25, 0.3) is 0 Å². The van der Waals surface area contributed by atoms with Gasteiger partial charge in [-0.05, 0) is 25.7 Å². The van der Waals surface area contributed by atoms with Gasteiger partial charge >= 0.3 is 5.97 Å². The van der Waals surface area contributed by atoms with Crippen LogP contribution < -0.4 is 5.32 Å². The molecule has 0 saturated carbocycles. The van der Waals surface area contributed by atoms with Crippen molar-refractivity contribution in [3.8, 4) is 0 Å². The molecule has 0 radical (unpaired) electrons. The maximum absolute atomic E-state index is 12.5. The summed E-state index contributed by atoms with van der Waals surface area (Å²) in [6.07, 6.45) is 72.7. The second-order valence-electron chi connectivity index (χ2n) is 22.8. The number of hydrogen-bond acceptors (Lipinski definition) is 5. The Morgan fingerprint density at radius 2 is 0.577 bits per heavy atom. The number of ether oxygens (including phenoxy) is 1. The second kappa shape index (κ2) is 61.4. The molecule has 0 heterocycles. The van der Waals surface area contributed by atoms with E-state index in [4.69, 9.17) is 4.74 Å². The molecular formula is C65H129NO5. The van der Waals surface area contributed by atoms with Gasteiger partial charge in [-0.2, -0.15) is 0 Å². The number of nitrogens with one attached hydrogen (secondary N) is 1. The van der Waals surface area contributed by atoms with E-state index in [-0.39, 0.29) is 18.5 Å². The summed E-state index contributed by atoms with van der Waals surface area (Å²) in [7, 11) is 0. The number of esters is 1. The Hall–Kier alpha value is -1.14. The van der Waals surface area contributed by atoms with E-state index in [2.05, 4.69) is 19.2 Å². The van der Waals surface area contributed by atoms with E-state index >= 15 is 0 Å². The average Bonchev–Trinajstić information content (AvgIpc) is 3.37. The molecule has 0 fully saturated rings. The molecule has 424 valence electrons. The Morgan fingerprint density at radius 1 is 0.338 bits per heavy atom. The largest absolute Gasteiger partial charge is 0.466 e. The number of rotatable bonds is 62. The van der Waals surface area contributed by atoms with Crippen LogP contribution in [0.15, 0.2) is 0 Å². The highest BCUT2D eigenvalue weighted by molar-refractivity contribution is 5.76. The number of aliphatic hydroxyl groups excluding tert-OH is 2. The van der Waals surface area contributed by atoms with E-state index < -0.39 is 12.1 Å². The van der Waals surface area contributed by atoms with Crippen molar-refractivity contribution in [2.24, 2.45) is 0 Å². The summed E-state index contributed by atoms with van der Waals surface area (Å²) in [6.45, 7) is 4.99. The van der Waals surface area contributed by atoms with Crippen molar-refractivity contribution in [2.45, 2.75) is 392 Å². The van der Waals surface area contributed by atoms with E-state index in [1.807, 2.05) is 0 Å². The zero-order chi connectivity index (χ0) is 51.4. The lowest BCUT2D eigenvalue weighted by Crippen LogP contribution is -2.45. The van der Waals surface area contributed by atoms with Crippen molar-refractivity contribution in [2.75, 3.05) is 13.2 Å². The van der Waals surface area contributed by atoms with Gasteiger partial charge in [0.05, 0.1) is 25.4 Å². The fourth-order valence-electron chi connectivity index (χ4n) is 10.6. The number of carbonyl (C=O) groups is 2. The predicted molar refractivity (Wildman–Crippen MR) is 310 cm³/mol. The minimum atomic E-state index is -0.663. The van der Waals surface area contributed by atoms with Crippen molar-refractivity contribution < 1.29 is 24.5 Å². The fraction of sp³-hybridized carbons (Fsp3) is 0.969. The number of amides is 1. The summed E-state index contributed by atoms with van der Waals surface area (Å²) in [5.74, 6) is -0.0135. The van der Waals surface area contributed by atoms with Gasteiger partial charge in [0.1, 0.15) is 0 Å². The van der Waals surface area contributed by atoms with Gasteiger partial charge in [-0.1, -0.05) is 341 Å². The molecule has 0 aromatic heterocycles. The minimum Gasteiger partial charge on any atom is -0.466 e. The monoisotopic (exact) mass is 1000 g/mol. The van der Waals surface area contributed by atoms with Gasteiger partial charge in [-0.3, -0.25) is 9.59 Å². The molecule has 2 unspecified atom stereocenters. The first-order chi connectivity index (χ1) is 35.0. The van der Waals surface area contributed by atoms with Gasteiger partial charge in [0.15, 0.2) is 0 Å². The molecule has 0 saturated heterocycles. The first-order valence-corrected chi connectivity index (χ1v) is 32.8. The maximum atomic E-state index is 12.5. The third-order valence-corrected chi connectivity index (χ3v) is 15.7. The minimum absolute atomic E-state index is 0.0163. The molecule has 0 aliphatic rings. The summed E-state index contributed by atoms with van der Waals surface area (Å²) in [6, 6.07) is -0.540. The molecule has 0 aromatic rings. The van der Waals surface area contributed by atoms with Crippen LogP contribution in [0.1, 0.15) is 380 Å². The summed E-state index contributed by atoms with van der Waals surface area (Å²) < 4.78 is 5.48. The van der Waals surface area contributed by atoms with E-state index in [0.29, 0.717) is 25.9 Å². The molecule has 71 heavy (non-hydrogen) atoms. The molecule has 0 aliphatic heterocycles. The van der Waals surface area contributed by atoms with Gasteiger partial charge in [-0.25, -0.2) is 0 Å². The molecule has 6 nitrogen and oxygen atoms in total. The molecule has 0 aliphatic carbocycles. The zero-order valence-corrected chi connectivity index (χ0v) is 48.5. The Bertz CT molecular complexity index is 1020. The van der Waals surface area contributed by atoms with E-state index in [1.54, 1.807) is 0 Å². The predicted octanol–water partition coefficient (Wildman–Crippen LogP) is 20.6. The normalized spacial score (nSPS) is 12.5. The molecule has 2 atom stereocenters. The third-order valence-electron chi connectivity index (χ3n) is 15.7. The Labute approximate surface area is 445 Å². The highest BCUT2D eigenvalue weighted by Gasteiger charge is 2.20. The Morgan fingerprint density at radius 3 is 0.859 bits per heavy atom. The summed E-state index contributed by atoms with van der Waals surface area (Å²) in [4.78, 5) is 24.5. The van der Waals surface area contributed by atoms with Crippen LogP contribution in [0.4, 0.5) is 0 Å². The topological polar surface area (TPSA) is 95.9 Å². The molecule has 0 rings (SSSR count). The number of aliphatic hydroxyl groups is 2. The lowest BCUT2D eigenvalue weighted by Gasteiger charge is -2.22. The third kappa shape index (κ3) is 58.0. The molecule has 1 amide bonds. The Balaban J connectivity index is 3.36. The van der Waals surface area contributed by atoms with E-state index in [9.17, 15) is 19.8 Å². The number of carbonyl (C=O) groups excluding carboxylic acids is 2. The summed E-state index contributed by atoms with van der Waals surface area (Å²) in [5, 5.41) is 23.4. The SMILES string of the molecule is CCCCCCCCCCCCCCCCCCCCCC(O)C(CO)NC(=O)CCCCCCCCCCCCCCCCCCCCCCCCCOC(=O)CCCCCCCCCCCCCC. The zero-order valence-electron chi connectivity index (χ0n) is 48.5. The molecule has 0 spiro atoms. The van der Waals surface area contributed by atoms with Gasteiger partial charge in [0.2, 0.25) is 5.91 Å². The first-order valence-electron chi connectivity index (χ1n) is 32.8. The van der Waals surface area contributed by atoms with Crippen molar-refractivity contribution >= 4 is 11.9 Å². The van der Waals surface area contributed by atoms with Crippen LogP contribution in [0, 0.1) is 0 Å². The van der Waals surface area contributed by atoms with E-state index in [0.717, 1.165) is 38.5 Å². The average molecular weight is 1000 g/mol. The lowest BCUT2D eigenvalue weighted by molar-refractivity contribution is -0.143. The molecule has 3 N–H and O–H groups in total. The highest BCUT2D eigenvalue weighted by Crippen LogP contribution is 2.19. The lowest BCUT2D eigenvalue weighted by atomic mass is 10.0. The first kappa shape index (κ1) is 69.9. The van der Waals surface area contributed by atoms with Crippen LogP contribution in [0.5, 0.6) is 0 Å². The number of hydrogen-bond donors (Lipinski definition) is 3. The fourth-order valence-corrected chi connectivity index (χ4v) is 10.6. The highest BCUT2D eigenvalue weighted by atomic mass is 16.5. The van der Waals surface area contributed by atoms with Gasteiger partial charge in [-0.15, -0.1) is 0 Å². The van der Waals surface area contributed by atoms with Crippen LogP contribution in [-0.4, -0.2) is 47.4 Å². The molecule has 0 bridgehead atoms. The summed E-state index contributed by atoms with van der Waals surface area (Å²) >= 11 is 0.